The summed E-state index contributed by atoms with van der Waals surface area (Å²) in [6.07, 6.45) is 6.24. The first-order valence-corrected chi connectivity index (χ1v) is 9.14. The number of nitrogens with one attached hydrogen (secondary N) is 1. The summed E-state index contributed by atoms with van der Waals surface area (Å²) in [4.78, 5) is 26.6. The molecule has 9 nitrogen and oxygen atoms in total. The molecule has 0 atom stereocenters. The summed E-state index contributed by atoms with van der Waals surface area (Å²) in [5, 5.41) is 18.1. The van der Waals surface area contributed by atoms with Crippen molar-refractivity contribution >= 4 is 11.8 Å². The van der Waals surface area contributed by atoms with Crippen LogP contribution in [0.3, 0.4) is 0 Å². The van der Waals surface area contributed by atoms with Gasteiger partial charge >= 0.3 is 5.88 Å². The van der Waals surface area contributed by atoms with Gasteiger partial charge in [-0.25, -0.2) is 0 Å². The molecule has 0 radical (unpaired) electrons. The van der Waals surface area contributed by atoms with Gasteiger partial charge in [0.1, 0.15) is 4.92 Å². The van der Waals surface area contributed by atoms with Crippen LogP contribution in [-0.2, 0) is 6.54 Å². The number of nitro groups is 1. The van der Waals surface area contributed by atoms with Crippen LogP contribution in [0.5, 0.6) is 0 Å². The second-order valence-corrected chi connectivity index (χ2v) is 6.70. The van der Waals surface area contributed by atoms with Gasteiger partial charge in [0.15, 0.2) is 5.76 Å². The fourth-order valence-electron chi connectivity index (χ4n) is 3.47. The van der Waals surface area contributed by atoms with Crippen molar-refractivity contribution in [3.8, 4) is 11.4 Å². The molecule has 4 rings (SSSR count). The Labute approximate surface area is 160 Å². The van der Waals surface area contributed by atoms with E-state index < -0.39 is 16.7 Å². The van der Waals surface area contributed by atoms with Crippen molar-refractivity contribution in [1.82, 2.24) is 20.1 Å². The van der Waals surface area contributed by atoms with E-state index in [0.717, 1.165) is 30.3 Å². The molecule has 9 heteroatoms. The van der Waals surface area contributed by atoms with Gasteiger partial charge in [-0.3, -0.25) is 24.6 Å². The zero-order chi connectivity index (χ0) is 19.5. The third-order valence-corrected chi connectivity index (χ3v) is 4.81. The Morgan fingerprint density at radius 1 is 1.29 bits per heavy atom. The Bertz CT molecular complexity index is 989. The quantitative estimate of drug-likeness (QED) is 0.516. The van der Waals surface area contributed by atoms with E-state index in [0.29, 0.717) is 11.7 Å². The molecule has 0 bridgehead atoms. The molecule has 0 unspecified atom stereocenters. The third-order valence-electron chi connectivity index (χ3n) is 4.81. The molecule has 144 valence electrons. The molecule has 1 fully saturated rings. The normalized spacial score (nSPS) is 14.3. The summed E-state index contributed by atoms with van der Waals surface area (Å²) < 4.78 is 6.94. The van der Waals surface area contributed by atoms with Crippen molar-refractivity contribution in [1.29, 1.82) is 0 Å². The molecule has 3 heterocycles. The topological polar surface area (TPSA) is 116 Å². The molecule has 1 N–H and O–H groups in total. The highest BCUT2D eigenvalue weighted by molar-refractivity contribution is 5.91. The van der Waals surface area contributed by atoms with Gasteiger partial charge in [-0.1, -0.05) is 18.9 Å². The van der Waals surface area contributed by atoms with E-state index in [2.05, 4.69) is 10.3 Å². The van der Waals surface area contributed by atoms with Crippen LogP contribution < -0.4 is 5.32 Å². The zero-order valence-electron chi connectivity index (χ0n) is 15.1. The number of carbonyl (C=O) groups excluding carboxylic acids is 1. The predicted octanol–water partition coefficient (Wildman–Crippen LogP) is 3.49. The van der Waals surface area contributed by atoms with E-state index in [4.69, 9.17) is 9.52 Å². The molecule has 3 aromatic heterocycles. The molecule has 28 heavy (non-hydrogen) atoms. The minimum absolute atomic E-state index is 0.105. The van der Waals surface area contributed by atoms with Crippen LogP contribution in [0.1, 0.15) is 48.0 Å². The van der Waals surface area contributed by atoms with Crippen molar-refractivity contribution in [3.63, 3.8) is 0 Å². The second-order valence-electron chi connectivity index (χ2n) is 6.70. The number of nitrogens with zero attached hydrogens (tertiary/aromatic N) is 4. The molecule has 1 saturated carbocycles. The van der Waals surface area contributed by atoms with Crippen molar-refractivity contribution < 1.29 is 14.1 Å². The average Bonchev–Trinajstić information content (AvgIpc) is 3.47. The summed E-state index contributed by atoms with van der Waals surface area (Å²) in [6.45, 7) is 0.187. The Morgan fingerprint density at radius 2 is 2.11 bits per heavy atom. The highest BCUT2D eigenvalue weighted by atomic mass is 16.6. The fraction of sp³-hybridized carbons (Fsp3) is 0.316. The average molecular weight is 381 g/mol. The molecule has 1 amide bonds. The maximum absolute atomic E-state index is 12.2. The van der Waals surface area contributed by atoms with Crippen LogP contribution in [0.4, 0.5) is 5.88 Å². The minimum Gasteiger partial charge on any atom is -0.395 e. The van der Waals surface area contributed by atoms with Crippen molar-refractivity contribution in [2.24, 2.45) is 0 Å². The van der Waals surface area contributed by atoms with Crippen LogP contribution in [0.15, 0.2) is 47.0 Å². The molecule has 0 aliphatic heterocycles. The summed E-state index contributed by atoms with van der Waals surface area (Å²) in [5.74, 6) is -1.09. The van der Waals surface area contributed by atoms with Crippen LogP contribution in [0.2, 0.25) is 0 Å². The first-order valence-electron chi connectivity index (χ1n) is 9.14. The molecule has 0 spiro atoms. The number of hydrogen-bond donors (Lipinski definition) is 1. The van der Waals surface area contributed by atoms with Crippen molar-refractivity contribution in [3.05, 3.63) is 64.2 Å². The Hall–Kier alpha value is -3.49. The van der Waals surface area contributed by atoms with Gasteiger partial charge in [0.25, 0.3) is 5.91 Å². The van der Waals surface area contributed by atoms with Crippen molar-refractivity contribution in [2.75, 3.05) is 0 Å². The fourth-order valence-corrected chi connectivity index (χ4v) is 3.47. The Balaban J connectivity index is 1.53. The predicted molar refractivity (Wildman–Crippen MR) is 99.5 cm³/mol. The number of amides is 1. The van der Waals surface area contributed by atoms with Gasteiger partial charge in [0.05, 0.1) is 35.7 Å². The Morgan fingerprint density at radius 3 is 2.79 bits per heavy atom. The first-order chi connectivity index (χ1) is 13.6. The smallest absolute Gasteiger partial charge is 0.395 e. The van der Waals surface area contributed by atoms with Gasteiger partial charge in [-0.05, 0) is 37.1 Å². The van der Waals surface area contributed by atoms with E-state index in [9.17, 15) is 14.9 Å². The summed E-state index contributed by atoms with van der Waals surface area (Å²) in [7, 11) is 0. The van der Waals surface area contributed by atoms with Crippen molar-refractivity contribution in [2.45, 2.75) is 38.3 Å². The van der Waals surface area contributed by atoms with E-state index >= 15 is 0 Å². The summed E-state index contributed by atoms with van der Waals surface area (Å²) >= 11 is 0. The maximum atomic E-state index is 12.2. The second kappa shape index (κ2) is 7.63. The SMILES string of the molecule is O=C(NCc1cc(-c2ccccn2)n(C2CCCC2)n1)c1ccc([N+](=O)[O-])o1. The minimum atomic E-state index is -0.681. The van der Waals surface area contributed by atoms with E-state index in [-0.39, 0.29) is 12.3 Å². The van der Waals surface area contributed by atoms with Gasteiger partial charge in [0.2, 0.25) is 0 Å². The molecule has 0 saturated heterocycles. The maximum Gasteiger partial charge on any atom is 0.433 e. The van der Waals surface area contributed by atoms with Gasteiger partial charge in [-0.15, -0.1) is 0 Å². The number of rotatable bonds is 6. The van der Waals surface area contributed by atoms with Crippen LogP contribution in [0, 0.1) is 10.1 Å². The van der Waals surface area contributed by atoms with E-state index in [1.807, 2.05) is 28.9 Å². The van der Waals surface area contributed by atoms with Gasteiger partial charge < -0.3 is 9.73 Å². The number of furan rings is 1. The number of pyridine rings is 1. The largest absolute Gasteiger partial charge is 0.433 e. The summed E-state index contributed by atoms with van der Waals surface area (Å²) in [6, 6.07) is 10.4. The summed E-state index contributed by atoms with van der Waals surface area (Å²) in [5.41, 5.74) is 2.45. The molecule has 0 aromatic carbocycles. The standard InChI is InChI=1S/C19H19N5O4/c25-19(17-8-9-18(28-17)24(26)27)21-12-13-11-16(15-7-3-4-10-20-15)23(22-13)14-5-1-2-6-14/h3-4,7-11,14H,1-2,5-6,12H2,(H,21,25). The first kappa shape index (κ1) is 17.9. The van der Waals surface area contributed by atoms with Crippen LogP contribution in [-0.4, -0.2) is 25.6 Å². The molecule has 1 aliphatic rings. The number of hydrogen-bond acceptors (Lipinski definition) is 6. The lowest BCUT2D eigenvalue weighted by Crippen LogP contribution is -2.22. The molecule has 3 aromatic rings. The van der Waals surface area contributed by atoms with E-state index in [1.54, 1.807) is 6.20 Å². The van der Waals surface area contributed by atoms with Crippen LogP contribution >= 0.6 is 0 Å². The van der Waals surface area contributed by atoms with Gasteiger partial charge in [-0.2, -0.15) is 5.10 Å². The zero-order valence-corrected chi connectivity index (χ0v) is 15.1. The lowest BCUT2D eigenvalue weighted by molar-refractivity contribution is -0.402. The Kier molecular flexibility index (Phi) is 4.88. The number of carbonyl (C=O) groups is 1. The molecule has 1 aliphatic carbocycles. The highest BCUT2D eigenvalue weighted by Crippen LogP contribution is 2.33. The van der Waals surface area contributed by atoms with E-state index in [1.165, 1.54) is 18.9 Å². The monoisotopic (exact) mass is 381 g/mol. The highest BCUT2D eigenvalue weighted by Gasteiger charge is 2.23. The van der Waals surface area contributed by atoms with Crippen LogP contribution in [0.25, 0.3) is 11.4 Å². The third kappa shape index (κ3) is 3.64. The molecular formula is C19H19N5O4. The lowest BCUT2D eigenvalue weighted by atomic mass is 10.2. The van der Waals surface area contributed by atoms with Gasteiger partial charge in [0, 0.05) is 6.20 Å². The number of aromatic nitrogens is 3. The lowest BCUT2D eigenvalue weighted by Gasteiger charge is -2.13. The molecular weight excluding hydrogens is 362 g/mol.